The van der Waals surface area contributed by atoms with Gasteiger partial charge in [-0.1, -0.05) is 11.6 Å². The maximum absolute atomic E-state index is 10.8. The van der Waals surface area contributed by atoms with Crippen molar-refractivity contribution in [3.63, 3.8) is 0 Å². The van der Waals surface area contributed by atoms with E-state index in [1.54, 1.807) is 0 Å². The molecule has 1 heterocycles. The third-order valence-electron chi connectivity index (χ3n) is 2.58. The van der Waals surface area contributed by atoms with Crippen molar-refractivity contribution in [1.82, 2.24) is 4.57 Å². The number of aldehydes is 1. The van der Waals surface area contributed by atoms with Gasteiger partial charge in [-0.15, -0.1) is 0 Å². The molecule has 0 atom stereocenters. The van der Waals surface area contributed by atoms with Gasteiger partial charge in [0.05, 0.1) is 5.69 Å². The first-order valence-electron chi connectivity index (χ1n) is 4.35. The lowest BCUT2D eigenvalue weighted by Crippen LogP contribution is -1.94. The number of hydrogen-bond acceptors (Lipinski definition) is 1. The second-order valence-corrected chi connectivity index (χ2v) is 3.79. The molecule has 14 heavy (non-hydrogen) atoms. The van der Waals surface area contributed by atoms with Gasteiger partial charge in [0.15, 0.2) is 6.29 Å². The lowest BCUT2D eigenvalue weighted by Gasteiger charge is -1.96. The van der Waals surface area contributed by atoms with Gasteiger partial charge < -0.3 is 4.57 Å². The summed E-state index contributed by atoms with van der Waals surface area (Å²) in [4.78, 5) is 10.8. The molecular weight excluding hydrogens is 198 g/mol. The van der Waals surface area contributed by atoms with Crippen LogP contribution in [0.1, 0.15) is 16.1 Å². The zero-order valence-corrected chi connectivity index (χ0v) is 8.80. The van der Waals surface area contributed by atoms with E-state index in [1.807, 2.05) is 36.7 Å². The maximum atomic E-state index is 10.8. The highest BCUT2D eigenvalue weighted by Crippen LogP contribution is 2.26. The second kappa shape index (κ2) is 3.14. The van der Waals surface area contributed by atoms with Crippen molar-refractivity contribution < 1.29 is 4.79 Å². The summed E-state index contributed by atoms with van der Waals surface area (Å²) in [5.74, 6) is 0. The molecule has 72 valence electrons. The zero-order valence-electron chi connectivity index (χ0n) is 8.04. The van der Waals surface area contributed by atoms with Crippen LogP contribution in [0, 0.1) is 6.92 Å². The summed E-state index contributed by atoms with van der Waals surface area (Å²) in [5, 5.41) is 1.74. The Balaban J connectivity index is 2.94. The molecule has 0 fully saturated rings. The summed E-state index contributed by atoms with van der Waals surface area (Å²) < 4.78 is 1.88. The van der Waals surface area contributed by atoms with Crippen molar-refractivity contribution in [3.05, 3.63) is 34.5 Å². The van der Waals surface area contributed by atoms with E-state index in [1.165, 1.54) is 0 Å². The van der Waals surface area contributed by atoms with Crippen LogP contribution in [-0.2, 0) is 7.05 Å². The molecule has 0 aliphatic rings. The number of rotatable bonds is 1. The monoisotopic (exact) mass is 207 g/mol. The first-order valence-corrected chi connectivity index (χ1v) is 4.72. The summed E-state index contributed by atoms with van der Waals surface area (Å²) in [5.41, 5.74) is 2.73. The van der Waals surface area contributed by atoms with Gasteiger partial charge in [-0.25, -0.2) is 0 Å². The highest BCUT2D eigenvalue weighted by Gasteiger charge is 2.10. The van der Waals surface area contributed by atoms with Gasteiger partial charge in [-0.05, 0) is 30.7 Å². The highest BCUT2D eigenvalue weighted by atomic mass is 35.5. The minimum atomic E-state index is 0.698. The van der Waals surface area contributed by atoms with Crippen LogP contribution in [0.3, 0.4) is 0 Å². The van der Waals surface area contributed by atoms with Crippen LogP contribution in [0.4, 0.5) is 0 Å². The van der Waals surface area contributed by atoms with Crippen LogP contribution < -0.4 is 0 Å². The number of carbonyl (C=O) groups is 1. The van der Waals surface area contributed by atoms with Crippen molar-refractivity contribution >= 4 is 28.8 Å². The van der Waals surface area contributed by atoms with E-state index >= 15 is 0 Å². The first kappa shape index (κ1) is 9.28. The summed E-state index contributed by atoms with van der Waals surface area (Å²) in [6, 6.07) is 5.65. The number of carbonyl (C=O) groups excluding carboxylic acids is 1. The van der Waals surface area contributed by atoms with Crippen LogP contribution in [0.5, 0.6) is 0 Å². The predicted molar refractivity (Wildman–Crippen MR) is 58.1 cm³/mol. The minimum Gasteiger partial charge on any atom is -0.341 e. The average Bonchev–Trinajstić information content (AvgIpc) is 2.39. The molecular formula is C11H10ClNO. The van der Waals surface area contributed by atoms with Gasteiger partial charge in [0.25, 0.3) is 0 Å². The molecule has 0 bridgehead atoms. The van der Waals surface area contributed by atoms with Crippen molar-refractivity contribution in [2.75, 3.05) is 0 Å². The number of aryl methyl sites for hydroxylation is 2. The van der Waals surface area contributed by atoms with Crippen molar-refractivity contribution in [2.24, 2.45) is 7.05 Å². The maximum Gasteiger partial charge on any atom is 0.166 e. The van der Waals surface area contributed by atoms with Crippen LogP contribution in [-0.4, -0.2) is 10.9 Å². The van der Waals surface area contributed by atoms with Gasteiger partial charge in [0, 0.05) is 23.0 Å². The number of nitrogens with zero attached hydrogens (tertiary/aromatic N) is 1. The van der Waals surface area contributed by atoms with Crippen molar-refractivity contribution in [2.45, 2.75) is 6.92 Å². The molecule has 2 nitrogen and oxygen atoms in total. The molecule has 1 aromatic heterocycles. The molecule has 0 spiro atoms. The van der Waals surface area contributed by atoms with Crippen LogP contribution in [0.2, 0.25) is 5.02 Å². The lowest BCUT2D eigenvalue weighted by molar-refractivity contribution is 0.111. The van der Waals surface area contributed by atoms with Gasteiger partial charge in [-0.2, -0.15) is 0 Å². The fourth-order valence-electron chi connectivity index (χ4n) is 1.79. The Bertz CT molecular complexity index is 513. The van der Waals surface area contributed by atoms with Gasteiger partial charge >= 0.3 is 0 Å². The Morgan fingerprint density at radius 3 is 2.79 bits per heavy atom. The Morgan fingerprint density at radius 1 is 1.43 bits per heavy atom. The number of aromatic nitrogens is 1. The lowest BCUT2D eigenvalue weighted by atomic mass is 10.1. The Morgan fingerprint density at radius 2 is 2.14 bits per heavy atom. The smallest absolute Gasteiger partial charge is 0.166 e. The van der Waals surface area contributed by atoms with Gasteiger partial charge in [0.1, 0.15) is 0 Å². The highest BCUT2D eigenvalue weighted by molar-refractivity contribution is 6.31. The average molecular weight is 208 g/mol. The van der Waals surface area contributed by atoms with E-state index in [9.17, 15) is 4.79 Å². The number of benzene rings is 1. The number of hydrogen-bond donors (Lipinski definition) is 0. The van der Waals surface area contributed by atoms with Gasteiger partial charge in [-0.3, -0.25) is 4.79 Å². The second-order valence-electron chi connectivity index (χ2n) is 3.35. The van der Waals surface area contributed by atoms with E-state index in [0.717, 1.165) is 22.8 Å². The van der Waals surface area contributed by atoms with E-state index in [2.05, 4.69) is 0 Å². The molecule has 0 radical (unpaired) electrons. The number of halogens is 1. The molecule has 0 unspecified atom stereocenters. The zero-order chi connectivity index (χ0) is 10.3. The molecule has 0 saturated heterocycles. The SMILES string of the molecule is Cc1c(C=O)n(C)c2ccc(Cl)cc12. The van der Waals surface area contributed by atoms with E-state index in [0.29, 0.717) is 10.7 Å². The molecule has 2 rings (SSSR count). The third-order valence-corrected chi connectivity index (χ3v) is 2.82. The fraction of sp³-hybridized carbons (Fsp3) is 0.182. The molecule has 2 aromatic rings. The molecule has 1 aromatic carbocycles. The molecule has 3 heteroatoms. The largest absolute Gasteiger partial charge is 0.341 e. The van der Waals surface area contributed by atoms with E-state index in [-0.39, 0.29) is 0 Å². The molecule has 0 amide bonds. The van der Waals surface area contributed by atoms with E-state index in [4.69, 9.17) is 11.6 Å². The quantitative estimate of drug-likeness (QED) is 0.659. The molecule has 0 saturated carbocycles. The Hall–Kier alpha value is -1.28. The van der Waals surface area contributed by atoms with Crippen molar-refractivity contribution in [3.8, 4) is 0 Å². The Labute approximate surface area is 87.1 Å². The van der Waals surface area contributed by atoms with Crippen LogP contribution in [0.25, 0.3) is 10.9 Å². The first-order chi connectivity index (χ1) is 6.65. The topological polar surface area (TPSA) is 22.0 Å². The standard InChI is InChI=1S/C11H10ClNO/c1-7-9-5-8(12)3-4-10(9)13(2)11(7)6-14/h3-6H,1-2H3. The molecule has 0 aliphatic carbocycles. The summed E-state index contributed by atoms with van der Waals surface area (Å²) in [6.07, 6.45) is 0.878. The predicted octanol–water partition coefficient (Wildman–Crippen LogP) is 2.95. The fourth-order valence-corrected chi connectivity index (χ4v) is 1.96. The normalized spacial score (nSPS) is 10.8. The summed E-state index contributed by atoms with van der Waals surface area (Å²) in [6.45, 7) is 1.93. The van der Waals surface area contributed by atoms with Crippen molar-refractivity contribution in [1.29, 1.82) is 0 Å². The summed E-state index contributed by atoms with van der Waals surface area (Å²) >= 11 is 5.90. The number of fused-ring (bicyclic) bond motifs is 1. The molecule has 0 aliphatic heterocycles. The Kier molecular flexibility index (Phi) is 2.08. The van der Waals surface area contributed by atoms with Gasteiger partial charge in [0.2, 0.25) is 0 Å². The minimum absolute atomic E-state index is 0.698. The van der Waals surface area contributed by atoms with E-state index < -0.39 is 0 Å². The van der Waals surface area contributed by atoms with Crippen LogP contribution in [0.15, 0.2) is 18.2 Å². The van der Waals surface area contributed by atoms with Crippen LogP contribution >= 0.6 is 11.6 Å². The third kappa shape index (κ3) is 1.15. The molecule has 0 N–H and O–H groups in total. The summed E-state index contributed by atoms with van der Waals surface area (Å²) in [7, 11) is 1.88.